The standard InChI is InChI=1S/C16H20N2O3/c1-2-5-19-11(4-1)8-16-17-12-9-14-15(10-13(12)18-16)21-7-3-6-20-14/h9-11H,1-8H2,(H,17,18). The third kappa shape index (κ3) is 2.70. The first kappa shape index (κ1) is 13.0. The van der Waals surface area contributed by atoms with Gasteiger partial charge in [-0.05, 0) is 19.3 Å². The van der Waals surface area contributed by atoms with E-state index in [-0.39, 0.29) is 0 Å². The molecule has 0 radical (unpaired) electrons. The van der Waals surface area contributed by atoms with Gasteiger partial charge in [0.25, 0.3) is 0 Å². The molecule has 1 aromatic heterocycles. The highest BCUT2D eigenvalue weighted by Gasteiger charge is 2.18. The average Bonchev–Trinajstić information content (AvgIpc) is 2.74. The maximum Gasteiger partial charge on any atom is 0.163 e. The summed E-state index contributed by atoms with van der Waals surface area (Å²) in [5.41, 5.74) is 1.94. The molecule has 3 heterocycles. The molecule has 2 aliphatic heterocycles. The second-order valence-electron chi connectivity index (χ2n) is 5.74. The summed E-state index contributed by atoms with van der Waals surface area (Å²) in [6, 6.07) is 3.96. The molecule has 1 N–H and O–H groups in total. The van der Waals surface area contributed by atoms with Crippen LogP contribution in [0.15, 0.2) is 12.1 Å². The number of hydrogen-bond donors (Lipinski definition) is 1. The van der Waals surface area contributed by atoms with Crippen LogP contribution in [-0.4, -0.2) is 35.9 Å². The Hall–Kier alpha value is -1.75. The van der Waals surface area contributed by atoms with Crippen LogP contribution in [0.5, 0.6) is 11.5 Å². The first-order chi connectivity index (χ1) is 10.4. The number of nitrogens with zero attached hydrogens (tertiary/aromatic N) is 1. The van der Waals surface area contributed by atoms with Gasteiger partial charge in [0, 0.05) is 31.6 Å². The summed E-state index contributed by atoms with van der Waals surface area (Å²) < 4.78 is 17.2. The van der Waals surface area contributed by atoms with Crippen molar-refractivity contribution in [2.45, 2.75) is 38.2 Å². The number of benzene rings is 1. The van der Waals surface area contributed by atoms with Crippen LogP contribution < -0.4 is 9.47 Å². The summed E-state index contributed by atoms with van der Waals surface area (Å²) in [6.45, 7) is 2.28. The van der Waals surface area contributed by atoms with Gasteiger partial charge in [0.2, 0.25) is 0 Å². The van der Waals surface area contributed by atoms with Crippen LogP contribution in [0.4, 0.5) is 0 Å². The lowest BCUT2D eigenvalue weighted by Gasteiger charge is -2.21. The second-order valence-corrected chi connectivity index (χ2v) is 5.74. The Balaban J connectivity index is 1.60. The van der Waals surface area contributed by atoms with Crippen molar-refractivity contribution >= 4 is 11.0 Å². The normalized spacial score (nSPS) is 22.2. The monoisotopic (exact) mass is 288 g/mol. The molecule has 0 saturated carbocycles. The van der Waals surface area contributed by atoms with Gasteiger partial charge >= 0.3 is 0 Å². The molecule has 4 rings (SSSR count). The molecule has 0 aliphatic carbocycles. The summed E-state index contributed by atoms with van der Waals surface area (Å²) in [5.74, 6) is 2.59. The first-order valence-corrected chi connectivity index (χ1v) is 7.78. The van der Waals surface area contributed by atoms with Gasteiger partial charge in [-0.15, -0.1) is 0 Å². The SMILES string of the molecule is c1c2c(cc3[nH]c(CC4CCCCO4)nc13)OCCCO2. The number of ether oxygens (including phenoxy) is 3. The lowest BCUT2D eigenvalue weighted by atomic mass is 10.1. The Morgan fingerprint density at radius 1 is 1.05 bits per heavy atom. The fourth-order valence-electron chi connectivity index (χ4n) is 3.00. The maximum absolute atomic E-state index is 5.78. The molecule has 2 aliphatic rings. The zero-order valence-corrected chi connectivity index (χ0v) is 12.1. The van der Waals surface area contributed by atoms with Gasteiger partial charge in [0.1, 0.15) is 5.82 Å². The number of aromatic nitrogens is 2. The van der Waals surface area contributed by atoms with Crippen LogP contribution in [0.3, 0.4) is 0 Å². The highest BCUT2D eigenvalue weighted by molar-refractivity contribution is 5.79. The Labute approximate surface area is 123 Å². The lowest BCUT2D eigenvalue weighted by molar-refractivity contribution is 0.0158. The van der Waals surface area contributed by atoms with Gasteiger partial charge in [-0.2, -0.15) is 0 Å². The molecule has 5 heteroatoms. The predicted octanol–water partition coefficient (Wildman–Crippen LogP) is 2.84. The van der Waals surface area contributed by atoms with Gasteiger partial charge in [0.15, 0.2) is 11.5 Å². The Kier molecular flexibility index (Phi) is 3.43. The van der Waals surface area contributed by atoms with Gasteiger partial charge < -0.3 is 19.2 Å². The Bertz CT molecular complexity index is 589. The minimum atomic E-state index is 0.296. The van der Waals surface area contributed by atoms with Gasteiger partial charge in [0.05, 0.1) is 30.4 Å². The number of hydrogen-bond acceptors (Lipinski definition) is 4. The zero-order chi connectivity index (χ0) is 14.1. The van der Waals surface area contributed by atoms with Gasteiger partial charge in [-0.1, -0.05) is 0 Å². The number of aromatic amines is 1. The molecule has 1 fully saturated rings. The smallest absolute Gasteiger partial charge is 0.163 e. The first-order valence-electron chi connectivity index (χ1n) is 7.78. The van der Waals surface area contributed by atoms with Crippen molar-refractivity contribution in [1.29, 1.82) is 0 Å². The van der Waals surface area contributed by atoms with E-state index in [4.69, 9.17) is 14.2 Å². The number of rotatable bonds is 2. The van der Waals surface area contributed by atoms with Crippen molar-refractivity contribution in [1.82, 2.24) is 9.97 Å². The van der Waals surface area contributed by atoms with Crippen molar-refractivity contribution in [3.05, 3.63) is 18.0 Å². The molecule has 0 spiro atoms. The molecule has 5 nitrogen and oxygen atoms in total. The maximum atomic E-state index is 5.78. The van der Waals surface area contributed by atoms with E-state index in [2.05, 4.69) is 9.97 Å². The number of H-pyrrole nitrogens is 1. The molecule has 21 heavy (non-hydrogen) atoms. The topological polar surface area (TPSA) is 56.4 Å². The largest absolute Gasteiger partial charge is 0.489 e. The lowest BCUT2D eigenvalue weighted by Crippen LogP contribution is -2.21. The predicted molar refractivity (Wildman–Crippen MR) is 79.0 cm³/mol. The van der Waals surface area contributed by atoms with Crippen molar-refractivity contribution in [3.8, 4) is 11.5 Å². The minimum absolute atomic E-state index is 0.296. The summed E-state index contributed by atoms with van der Waals surface area (Å²) in [4.78, 5) is 8.06. The molecule has 1 atom stereocenters. The number of fused-ring (bicyclic) bond motifs is 2. The molecule has 1 saturated heterocycles. The molecule has 1 aromatic carbocycles. The third-order valence-electron chi connectivity index (χ3n) is 4.10. The number of imidazole rings is 1. The fraction of sp³-hybridized carbons (Fsp3) is 0.562. The van der Waals surface area contributed by atoms with E-state index >= 15 is 0 Å². The minimum Gasteiger partial charge on any atom is -0.489 e. The van der Waals surface area contributed by atoms with E-state index in [1.165, 1.54) is 12.8 Å². The molecule has 0 amide bonds. The quantitative estimate of drug-likeness (QED) is 0.923. The van der Waals surface area contributed by atoms with Crippen LogP contribution in [-0.2, 0) is 11.2 Å². The summed E-state index contributed by atoms with van der Waals surface area (Å²) in [7, 11) is 0. The van der Waals surface area contributed by atoms with Crippen LogP contribution in [0.1, 0.15) is 31.5 Å². The van der Waals surface area contributed by atoms with E-state index < -0.39 is 0 Å². The second kappa shape index (κ2) is 5.56. The van der Waals surface area contributed by atoms with Crippen molar-refractivity contribution in [2.24, 2.45) is 0 Å². The van der Waals surface area contributed by atoms with Crippen molar-refractivity contribution in [2.75, 3.05) is 19.8 Å². The summed E-state index contributed by atoms with van der Waals surface area (Å²) in [5, 5.41) is 0. The highest BCUT2D eigenvalue weighted by Crippen LogP contribution is 2.33. The average molecular weight is 288 g/mol. The van der Waals surface area contributed by atoms with E-state index in [1.54, 1.807) is 0 Å². The summed E-state index contributed by atoms with van der Waals surface area (Å²) >= 11 is 0. The van der Waals surface area contributed by atoms with Crippen LogP contribution >= 0.6 is 0 Å². The van der Waals surface area contributed by atoms with Gasteiger partial charge in [-0.25, -0.2) is 4.98 Å². The van der Waals surface area contributed by atoms with Gasteiger partial charge in [-0.3, -0.25) is 0 Å². The summed E-state index contributed by atoms with van der Waals surface area (Å²) in [6.07, 6.45) is 5.62. The van der Waals surface area contributed by atoms with Crippen LogP contribution in [0.25, 0.3) is 11.0 Å². The molecule has 112 valence electrons. The zero-order valence-electron chi connectivity index (χ0n) is 12.1. The Morgan fingerprint density at radius 3 is 2.71 bits per heavy atom. The van der Waals surface area contributed by atoms with E-state index in [9.17, 15) is 0 Å². The molecule has 1 unspecified atom stereocenters. The molecule has 2 aromatic rings. The molecular formula is C16H20N2O3. The van der Waals surface area contributed by atoms with E-state index in [0.717, 1.165) is 54.2 Å². The van der Waals surface area contributed by atoms with Crippen LogP contribution in [0, 0.1) is 0 Å². The van der Waals surface area contributed by atoms with E-state index in [0.29, 0.717) is 19.3 Å². The molecule has 0 bridgehead atoms. The van der Waals surface area contributed by atoms with Crippen LogP contribution in [0.2, 0.25) is 0 Å². The van der Waals surface area contributed by atoms with E-state index in [1.807, 2.05) is 12.1 Å². The Morgan fingerprint density at radius 2 is 1.90 bits per heavy atom. The fourth-order valence-corrected chi connectivity index (χ4v) is 3.00. The highest BCUT2D eigenvalue weighted by atomic mass is 16.5. The van der Waals surface area contributed by atoms with Crippen molar-refractivity contribution < 1.29 is 14.2 Å². The molecular weight excluding hydrogens is 268 g/mol. The number of nitrogens with one attached hydrogen (secondary N) is 1. The van der Waals surface area contributed by atoms with Crippen molar-refractivity contribution in [3.63, 3.8) is 0 Å². The third-order valence-corrected chi connectivity index (χ3v) is 4.10.